The Labute approximate surface area is 100 Å². The van der Waals surface area contributed by atoms with Crippen LogP contribution in [0.1, 0.15) is 12.8 Å². The lowest BCUT2D eigenvalue weighted by Gasteiger charge is -2.26. The van der Waals surface area contributed by atoms with Gasteiger partial charge in [0.1, 0.15) is 6.04 Å². The number of carbonyl (C=O) groups excluding carboxylic acids is 2. The lowest BCUT2D eigenvalue weighted by molar-refractivity contribution is -0.147. The van der Waals surface area contributed by atoms with Crippen LogP contribution in [0.15, 0.2) is 0 Å². The number of aliphatic hydroxyl groups is 1. The maximum Gasteiger partial charge on any atom is 0.323 e. The Balaban J connectivity index is 2.13. The van der Waals surface area contributed by atoms with Crippen molar-refractivity contribution in [3.63, 3.8) is 0 Å². The molecule has 0 bridgehead atoms. The number of β-amino-alcohol motifs (C(OH)–C–C–N with tert-alkyl or cyclic N) is 1. The van der Waals surface area contributed by atoms with Crippen LogP contribution in [-0.4, -0.2) is 72.2 Å². The fourth-order valence-corrected chi connectivity index (χ4v) is 2.66. The van der Waals surface area contributed by atoms with Gasteiger partial charge in [0.2, 0.25) is 5.91 Å². The standard InChI is InChI=1S/C11H18N2O4/c1-12-4-3-8(10(12)15)13-6-7(14)5-9(13)11(16)17-2/h7-9,14H,3-6H2,1-2H3. The minimum atomic E-state index is -0.558. The molecule has 2 rings (SSSR count). The number of rotatable bonds is 2. The molecule has 0 aromatic heterocycles. The number of esters is 1. The van der Waals surface area contributed by atoms with Crippen molar-refractivity contribution in [1.29, 1.82) is 0 Å². The molecular formula is C11H18N2O4. The van der Waals surface area contributed by atoms with Crippen LogP contribution in [0.25, 0.3) is 0 Å². The average molecular weight is 242 g/mol. The number of ether oxygens (including phenoxy) is 1. The number of hydrogen-bond donors (Lipinski definition) is 1. The van der Waals surface area contributed by atoms with E-state index in [1.54, 1.807) is 16.8 Å². The molecule has 0 radical (unpaired) electrons. The molecule has 3 unspecified atom stereocenters. The van der Waals surface area contributed by atoms with E-state index in [0.717, 1.165) is 0 Å². The summed E-state index contributed by atoms with van der Waals surface area (Å²) in [4.78, 5) is 27.0. The molecule has 2 fully saturated rings. The van der Waals surface area contributed by atoms with Gasteiger partial charge in [-0.25, -0.2) is 0 Å². The van der Waals surface area contributed by atoms with Gasteiger partial charge in [-0.2, -0.15) is 0 Å². The van der Waals surface area contributed by atoms with Gasteiger partial charge in [-0.1, -0.05) is 0 Å². The smallest absolute Gasteiger partial charge is 0.323 e. The number of likely N-dealkylation sites (N-methyl/N-ethyl adjacent to an activating group) is 1. The van der Waals surface area contributed by atoms with E-state index >= 15 is 0 Å². The fraction of sp³-hybridized carbons (Fsp3) is 0.818. The number of aliphatic hydroxyl groups excluding tert-OH is 1. The van der Waals surface area contributed by atoms with E-state index in [-0.39, 0.29) is 17.9 Å². The molecule has 17 heavy (non-hydrogen) atoms. The van der Waals surface area contributed by atoms with Gasteiger partial charge < -0.3 is 14.7 Å². The highest BCUT2D eigenvalue weighted by atomic mass is 16.5. The third kappa shape index (κ3) is 2.14. The predicted octanol–water partition coefficient (Wildman–Crippen LogP) is -1.17. The molecule has 1 N–H and O–H groups in total. The monoisotopic (exact) mass is 242 g/mol. The van der Waals surface area contributed by atoms with Gasteiger partial charge in [0.05, 0.1) is 19.3 Å². The van der Waals surface area contributed by atoms with E-state index in [2.05, 4.69) is 0 Å². The van der Waals surface area contributed by atoms with Crippen LogP contribution in [0.4, 0.5) is 0 Å². The normalized spacial score (nSPS) is 34.4. The van der Waals surface area contributed by atoms with Crippen LogP contribution in [-0.2, 0) is 14.3 Å². The van der Waals surface area contributed by atoms with Crippen molar-refractivity contribution >= 4 is 11.9 Å². The fourth-order valence-electron chi connectivity index (χ4n) is 2.66. The molecule has 0 aliphatic carbocycles. The average Bonchev–Trinajstić information content (AvgIpc) is 2.83. The van der Waals surface area contributed by atoms with Gasteiger partial charge in [0.15, 0.2) is 0 Å². The summed E-state index contributed by atoms with van der Waals surface area (Å²) in [5.41, 5.74) is 0. The minimum absolute atomic E-state index is 0.0213. The quantitative estimate of drug-likeness (QED) is 0.618. The lowest BCUT2D eigenvalue weighted by Crippen LogP contribution is -2.47. The molecule has 0 saturated carbocycles. The molecule has 6 nitrogen and oxygen atoms in total. The molecule has 0 spiro atoms. The summed E-state index contributed by atoms with van der Waals surface area (Å²) in [5, 5.41) is 9.65. The zero-order valence-corrected chi connectivity index (χ0v) is 10.1. The van der Waals surface area contributed by atoms with Gasteiger partial charge in [-0.3, -0.25) is 14.5 Å². The van der Waals surface area contributed by atoms with Crippen molar-refractivity contribution in [2.24, 2.45) is 0 Å². The number of likely N-dealkylation sites (tertiary alicyclic amines) is 2. The van der Waals surface area contributed by atoms with Crippen LogP contribution in [0.3, 0.4) is 0 Å². The van der Waals surface area contributed by atoms with Gasteiger partial charge in [-0.05, 0) is 6.42 Å². The highest BCUT2D eigenvalue weighted by Crippen LogP contribution is 2.26. The summed E-state index contributed by atoms with van der Waals surface area (Å²) < 4.78 is 4.72. The second kappa shape index (κ2) is 4.62. The van der Waals surface area contributed by atoms with E-state index in [9.17, 15) is 14.7 Å². The largest absolute Gasteiger partial charge is 0.468 e. The Hall–Kier alpha value is -1.14. The summed E-state index contributed by atoms with van der Waals surface area (Å²) in [7, 11) is 3.08. The topological polar surface area (TPSA) is 70.1 Å². The summed E-state index contributed by atoms with van der Waals surface area (Å²) in [5.74, 6) is -0.350. The molecular weight excluding hydrogens is 224 g/mol. The molecule has 0 aromatic carbocycles. The molecule has 2 saturated heterocycles. The van der Waals surface area contributed by atoms with Crippen molar-refractivity contribution in [1.82, 2.24) is 9.80 Å². The Morgan fingerprint density at radius 1 is 1.53 bits per heavy atom. The van der Waals surface area contributed by atoms with Gasteiger partial charge >= 0.3 is 5.97 Å². The van der Waals surface area contributed by atoms with Crippen molar-refractivity contribution in [2.45, 2.75) is 31.0 Å². The number of nitrogens with zero attached hydrogens (tertiary/aromatic N) is 2. The number of hydrogen-bond acceptors (Lipinski definition) is 5. The second-order valence-corrected chi connectivity index (χ2v) is 4.69. The third-order valence-electron chi connectivity index (χ3n) is 3.59. The highest BCUT2D eigenvalue weighted by molar-refractivity contribution is 5.85. The van der Waals surface area contributed by atoms with E-state index in [1.165, 1.54) is 7.11 Å². The molecule has 3 atom stereocenters. The van der Waals surface area contributed by atoms with Crippen molar-refractivity contribution < 1.29 is 19.4 Å². The number of amides is 1. The van der Waals surface area contributed by atoms with Crippen LogP contribution >= 0.6 is 0 Å². The first-order valence-corrected chi connectivity index (χ1v) is 5.81. The molecule has 2 aliphatic heterocycles. The van der Waals surface area contributed by atoms with Gasteiger partial charge in [0, 0.05) is 26.6 Å². The maximum absolute atomic E-state index is 11.9. The van der Waals surface area contributed by atoms with Crippen LogP contribution < -0.4 is 0 Å². The summed E-state index contributed by atoms with van der Waals surface area (Å²) in [6.45, 7) is 1.06. The molecule has 1 amide bonds. The summed E-state index contributed by atoms with van der Waals surface area (Å²) in [6, 6.07) is -0.781. The molecule has 6 heteroatoms. The lowest BCUT2D eigenvalue weighted by atomic mass is 10.1. The Morgan fingerprint density at radius 3 is 2.76 bits per heavy atom. The first-order chi connectivity index (χ1) is 8.04. The van der Waals surface area contributed by atoms with E-state index in [1.807, 2.05) is 0 Å². The summed E-state index contributed by atoms with van der Waals surface area (Å²) in [6.07, 6.45) is 0.494. The van der Waals surface area contributed by atoms with Crippen LogP contribution in [0.5, 0.6) is 0 Å². The predicted molar refractivity (Wildman–Crippen MR) is 59.2 cm³/mol. The SMILES string of the molecule is COC(=O)C1CC(O)CN1C1CCN(C)C1=O. The third-order valence-corrected chi connectivity index (χ3v) is 3.59. The zero-order valence-electron chi connectivity index (χ0n) is 10.1. The Kier molecular flexibility index (Phi) is 3.35. The Bertz CT molecular complexity index is 331. The second-order valence-electron chi connectivity index (χ2n) is 4.69. The maximum atomic E-state index is 11.9. The minimum Gasteiger partial charge on any atom is -0.468 e. The molecule has 0 aromatic rings. The number of carbonyl (C=O) groups is 2. The molecule has 2 heterocycles. The summed E-state index contributed by atoms with van der Waals surface area (Å²) >= 11 is 0. The van der Waals surface area contributed by atoms with Crippen molar-refractivity contribution in [3.8, 4) is 0 Å². The van der Waals surface area contributed by atoms with Crippen LogP contribution in [0, 0.1) is 0 Å². The van der Waals surface area contributed by atoms with E-state index in [4.69, 9.17) is 4.74 Å². The highest BCUT2D eigenvalue weighted by Gasteiger charge is 2.45. The zero-order chi connectivity index (χ0) is 12.6. The molecule has 96 valence electrons. The van der Waals surface area contributed by atoms with E-state index < -0.39 is 12.1 Å². The van der Waals surface area contributed by atoms with Gasteiger partial charge in [0.25, 0.3) is 0 Å². The van der Waals surface area contributed by atoms with E-state index in [0.29, 0.717) is 25.9 Å². The van der Waals surface area contributed by atoms with Crippen LogP contribution in [0.2, 0.25) is 0 Å². The van der Waals surface area contributed by atoms with Crippen molar-refractivity contribution in [2.75, 3.05) is 27.2 Å². The molecule has 2 aliphatic rings. The first kappa shape index (κ1) is 12.3. The Morgan fingerprint density at radius 2 is 2.24 bits per heavy atom. The first-order valence-electron chi connectivity index (χ1n) is 5.81. The number of methoxy groups -OCH3 is 1. The van der Waals surface area contributed by atoms with Gasteiger partial charge in [-0.15, -0.1) is 0 Å². The van der Waals surface area contributed by atoms with Crippen molar-refractivity contribution in [3.05, 3.63) is 0 Å².